The molecule has 0 aliphatic heterocycles. The summed E-state index contributed by atoms with van der Waals surface area (Å²) in [5.74, 6) is 1.30. The molecule has 1 aliphatic rings. The first-order valence-corrected chi connectivity index (χ1v) is 7.77. The van der Waals surface area contributed by atoms with Crippen LogP contribution in [0.5, 0.6) is 0 Å². The van der Waals surface area contributed by atoms with Gasteiger partial charge >= 0.3 is 0 Å². The number of rotatable bonds is 1. The van der Waals surface area contributed by atoms with Crippen LogP contribution in [0.4, 0.5) is 0 Å². The van der Waals surface area contributed by atoms with E-state index >= 15 is 0 Å². The molecule has 2 aromatic rings. The summed E-state index contributed by atoms with van der Waals surface area (Å²) in [6, 6.07) is 1.93. The van der Waals surface area contributed by atoms with Crippen molar-refractivity contribution in [3.05, 3.63) is 27.1 Å². The van der Waals surface area contributed by atoms with E-state index in [1.54, 1.807) is 11.3 Å². The van der Waals surface area contributed by atoms with E-state index < -0.39 is 0 Å². The number of hydrogen-bond donors (Lipinski definition) is 1. The molecule has 0 unspecified atom stereocenters. The van der Waals surface area contributed by atoms with Crippen LogP contribution >= 0.6 is 11.3 Å². The lowest BCUT2D eigenvalue weighted by Gasteiger charge is -2.34. The Labute approximate surface area is 117 Å². The first kappa shape index (κ1) is 12.9. The second kappa shape index (κ2) is 4.44. The van der Waals surface area contributed by atoms with E-state index in [1.807, 2.05) is 13.0 Å². The van der Waals surface area contributed by atoms with Crippen molar-refractivity contribution in [2.24, 2.45) is 5.41 Å². The number of H-pyrrole nitrogens is 1. The molecule has 0 radical (unpaired) electrons. The Balaban J connectivity index is 2.03. The molecule has 1 fully saturated rings. The molecule has 4 heteroatoms. The van der Waals surface area contributed by atoms with Gasteiger partial charge in [-0.25, -0.2) is 4.98 Å². The van der Waals surface area contributed by atoms with Crippen molar-refractivity contribution in [3.8, 4) is 0 Å². The van der Waals surface area contributed by atoms with Crippen molar-refractivity contribution in [2.75, 3.05) is 0 Å². The van der Waals surface area contributed by atoms with Gasteiger partial charge in [-0.15, -0.1) is 11.3 Å². The van der Waals surface area contributed by atoms with Gasteiger partial charge in [0.2, 0.25) is 0 Å². The molecule has 1 N–H and O–H groups in total. The molecule has 0 aromatic carbocycles. The van der Waals surface area contributed by atoms with Gasteiger partial charge in [0.15, 0.2) is 0 Å². The predicted molar refractivity (Wildman–Crippen MR) is 80.0 cm³/mol. The molecule has 1 saturated carbocycles. The highest BCUT2D eigenvalue weighted by molar-refractivity contribution is 7.18. The SMILES string of the molecule is Cc1cc2c(=O)[nH]c([C@@H]3CCCC(C)(C)C3)nc2s1. The van der Waals surface area contributed by atoms with E-state index in [9.17, 15) is 4.79 Å². The lowest BCUT2D eigenvalue weighted by atomic mass is 9.72. The Morgan fingerprint density at radius 1 is 1.47 bits per heavy atom. The minimum absolute atomic E-state index is 0.0210. The average molecular weight is 276 g/mol. The van der Waals surface area contributed by atoms with Crippen LogP contribution in [-0.2, 0) is 0 Å². The molecule has 3 nitrogen and oxygen atoms in total. The minimum Gasteiger partial charge on any atom is -0.310 e. The molecule has 1 atom stereocenters. The number of aromatic amines is 1. The van der Waals surface area contributed by atoms with Gasteiger partial charge in [0.1, 0.15) is 10.7 Å². The number of thiophene rings is 1. The Morgan fingerprint density at radius 2 is 2.26 bits per heavy atom. The first-order chi connectivity index (χ1) is 8.94. The van der Waals surface area contributed by atoms with Crippen LogP contribution in [0.3, 0.4) is 0 Å². The summed E-state index contributed by atoms with van der Waals surface area (Å²) in [6.07, 6.45) is 4.75. The maximum atomic E-state index is 12.1. The largest absolute Gasteiger partial charge is 0.310 e. The van der Waals surface area contributed by atoms with E-state index in [2.05, 4.69) is 18.8 Å². The molecule has 0 spiro atoms. The number of nitrogens with zero attached hydrogens (tertiary/aromatic N) is 1. The second-order valence-electron chi connectivity index (χ2n) is 6.48. The van der Waals surface area contributed by atoms with Gasteiger partial charge in [0.25, 0.3) is 5.56 Å². The smallest absolute Gasteiger partial charge is 0.259 e. The summed E-state index contributed by atoms with van der Waals surface area (Å²) in [5, 5.41) is 0.737. The Morgan fingerprint density at radius 3 is 3.00 bits per heavy atom. The summed E-state index contributed by atoms with van der Waals surface area (Å²) in [7, 11) is 0. The fourth-order valence-electron chi connectivity index (χ4n) is 3.19. The quantitative estimate of drug-likeness (QED) is 0.856. The number of nitrogens with one attached hydrogen (secondary N) is 1. The van der Waals surface area contributed by atoms with Crippen LogP contribution in [0, 0.1) is 12.3 Å². The Hall–Kier alpha value is -1.16. The molecule has 3 rings (SSSR count). The maximum Gasteiger partial charge on any atom is 0.259 e. The van der Waals surface area contributed by atoms with E-state index in [0.717, 1.165) is 33.8 Å². The van der Waals surface area contributed by atoms with Gasteiger partial charge in [0, 0.05) is 10.8 Å². The van der Waals surface area contributed by atoms with Crippen LogP contribution in [0.2, 0.25) is 0 Å². The zero-order valence-corrected chi connectivity index (χ0v) is 12.6. The van der Waals surface area contributed by atoms with Gasteiger partial charge in [-0.05, 0) is 37.7 Å². The highest BCUT2D eigenvalue weighted by Crippen LogP contribution is 2.42. The number of fused-ring (bicyclic) bond motifs is 1. The minimum atomic E-state index is 0.0210. The number of aromatic nitrogens is 2. The van der Waals surface area contributed by atoms with Crippen LogP contribution in [-0.4, -0.2) is 9.97 Å². The fraction of sp³-hybridized carbons (Fsp3) is 0.600. The van der Waals surface area contributed by atoms with Gasteiger partial charge < -0.3 is 4.98 Å². The van der Waals surface area contributed by atoms with Crippen LogP contribution in [0.15, 0.2) is 10.9 Å². The molecule has 2 heterocycles. The van der Waals surface area contributed by atoms with Crippen molar-refractivity contribution in [3.63, 3.8) is 0 Å². The predicted octanol–water partition coefficient (Wildman–Crippen LogP) is 3.98. The summed E-state index contributed by atoms with van der Waals surface area (Å²) < 4.78 is 0. The summed E-state index contributed by atoms with van der Waals surface area (Å²) in [5.41, 5.74) is 0.384. The Kier molecular flexibility index (Phi) is 3.01. The van der Waals surface area contributed by atoms with E-state index in [-0.39, 0.29) is 5.56 Å². The molecule has 19 heavy (non-hydrogen) atoms. The molecule has 2 aromatic heterocycles. The van der Waals surface area contributed by atoms with E-state index in [4.69, 9.17) is 4.98 Å². The zero-order chi connectivity index (χ0) is 13.6. The van der Waals surface area contributed by atoms with Crippen molar-refractivity contribution in [1.82, 2.24) is 9.97 Å². The third-order valence-electron chi connectivity index (χ3n) is 4.14. The monoisotopic (exact) mass is 276 g/mol. The topological polar surface area (TPSA) is 45.8 Å². The van der Waals surface area contributed by atoms with Crippen LogP contribution in [0.1, 0.15) is 56.2 Å². The van der Waals surface area contributed by atoms with E-state index in [0.29, 0.717) is 11.3 Å². The van der Waals surface area contributed by atoms with E-state index in [1.165, 1.54) is 12.8 Å². The maximum absolute atomic E-state index is 12.1. The molecule has 0 saturated heterocycles. The Bertz CT molecular complexity index is 668. The van der Waals surface area contributed by atoms with Gasteiger partial charge in [-0.3, -0.25) is 4.79 Å². The number of aryl methyl sites for hydroxylation is 1. The second-order valence-corrected chi connectivity index (χ2v) is 7.72. The summed E-state index contributed by atoms with van der Waals surface area (Å²) in [6.45, 7) is 6.64. The third kappa shape index (κ3) is 2.46. The fourth-order valence-corrected chi connectivity index (χ4v) is 4.08. The standard InChI is InChI=1S/C15H20N2OS/c1-9-7-11-13(18)16-12(17-14(11)19-9)10-5-4-6-15(2,3)8-10/h7,10H,4-6,8H2,1-3H3,(H,16,17,18)/t10-/m1/s1. The number of hydrogen-bond acceptors (Lipinski definition) is 3. The van der Waals surface area contributed by atoms with Gasteiger partial charge in [-0.1, -0.05) is 20.3 Å². The molecule has 1 aliphatic carbocycles. The van der Waals surface area contributed by atoms with Crippen molar-refractivity contribution in [1.29, 1.82) is 0 Å². The van der Waals surface area contributed by atoms with Gasteiger partial charge in [-0.2, -0.15) is 0 Å². The molecule has 102 valence electrons. The average Bonchev–Trinajstić information content (AvgIpc) is 2.69. The van der Waals surface area contributed by atoms with Crippen LogP contribution in [0.25, 0.3) is 10.2 Å². The highest BCUT2D eigenvalue weighted by Gasteiger charge is 2.30. The summed E-state index contributed by atoms with van der Waals surface area (Å²) >= 11 is 1.61. The highest BCUT2D eigenvalue weighted by atomic mass is 32.1. The molecular weight excluding hydrogens is 256 g/mol. The lowest BCUT2D eigenvalue weighted by molar-refractivity contribution is 0.215. The van der Waals surface area contributed by atoms with Gasteiger partial charge in [0.05, 0.1) is 5.39 Å². The van der Waals surface area contributed by atoms with Crippen molar-refractivity contribution < 1.29 is 0 Å². The van der Waals surface area contributed by atoms with Crippen LogP contribution < -0.4 is 5.56 Å². The molecule has 0 bridgehead atoms. The molecular formula is C15H20N2OS. The zero-order valence-electron chi connectivity index (χ0n) is 11.7. The van der Waals surface area contributed by atoms with Crippen molar-refractivity contribution in [2.45, 2.75) is 52.4 Å². The summed E-state index contributed by atoms with van der Waals surface area (Å²) in [4.78, 5) is 21.9. The normalized spacial score (nSPS) is 22.8. The lowest BCUT2D eigenvalue weighted by Crippen LogP contribution is -2.24. The third-order valence-corrected chi connectivity index (χ3v) is 5.08. The molecule has 0 amide bonds. The first-order valence-electron chi connectivity index (χ1n) is 6.95. The van der Waals surface area contributed by atoms with Crippen molar-refractivity contribution >= 4 is 21.6 Å².